The van der Waals surface area contributed by atoms with E-state index in [4.69, 9.17) is 0 Å². The molecule has 18 heavy (non-hydrogen) atoms. The van der Waals surface area contributed by atoms with Crippen molar-refractivity contribution in [3.05, 3.63) is 28.7 Å². The van der Waals surface area contributed by atoms with Crippen molar-refractivity contribution in [2.75, 3.05) is 18.0 Å². The number of halogens is 1. The SMILES string of the molecule is CC1NCC(C)(C)CN(c2ccc(Br)cc2)C1=O. The predicted molar refractivity (Wildman–Crippen MR) is 77.7 cm³/mol. The number of hydrogen-bond donors (Lipinski definition) is 1. The highest BCUT2D eigenvalue weighted by Gasteiger charge is 2.32. The van der Waals surface area contributed by atoms with Crippen molar-refractivity contribution in [3.8, 4) is 0 Å². The Balaban J connectivity index is 2.33. The first-order chi connectivity index (χ1) is 8.39. The average Bonchev–Trinajstić information content (AvgIpc) is 2.42. The summed E-state index contributed by atoms with van der Waals surface area (Å²) in [4.78, 5) is 14.3. The highest BCUT2D eigenvalue weighted by molar-refractivity contribution is 9.10. The number of anilines is 1. The van der Waals surface area contributed by atoms with Crippen LogP contribution in [-0.2, 0) is 4.79 Å². The summed E-state index contributed by atoms with van der Waals surface area (Å²) in [5.74, 6) is 0.142. The van der Waals surface area contributed by atoms with Gasteiger partial charge in [0.05, 0.1) is 6.04 Å². The first-order valence-corrected chi connectivity index (χ1v) is 6.99. The molecule has 0 radical (unpaired) electrons. The highest BCUT2D eigenvalue weighted by atomic mass is 79.9. The molecular weight excluding hydrogens is 292 g/mol. The Hall–Kier alpha value is -0.870. The molecule has 0 aliphatic carbocycles. The third-order valence-corrected chi connectivity index (χ3v) is 3.78. The summed E-state index contributed by atoms with van der Waals surface area (Å²) in [6, 6.07) is 7.78. The van der Waals surface area contributed by atoms with Crippen molar-refractivity contribution in [1.82, 2.24) is 5.32 Å². The van der Waals surface area contributed by atoms with Gasteiger partial charge in [-0.1, -0.05) is 29.8 Å². The molecule has 1 aliphatic rings. The molecule has 4 heteroatoms. The Kier molecular flexibility index (Phi) is 3.78. The Morgan fingerprint density at radius 3 is 2.56 bits per heavy atom. The molecule has 0 bridgehead atoms. The van der Waals surface area contributed by atoms with Gasteiger partial charge in [-0.05, 0) is 36.6 Å². The zero-order valence-corrected chi connectivity index (χ0v) is 12.6. The third-order valence-electron chi connectivity index (χ3n) is 3.25. The second kappa shape index (κ2) is 5.02. The Labute approximate surface area is 117 Å². The van der Waals surface area contributed by atoms with Crippen LogP contribution in [0.5, 0.6) is 0 Å². The van der Waals surface area contributed by atoms with Crippen LogP contribution in [0.1, 0.15) is 20.8 Å². The van der Waals surface area contributed by atoms with Gasteiger partial charge in [0.15, 0.2) is 0 Å². The zero-order chi connectivity index (χ0) is 13.3. The minimum Gasteiger partial charge on any atom is -0.310 e. The predicted octanol–water partition coefficient (Wildman–Crippen LogP) is 2.80. The topological polar surface area (TPSA) is 32.3 Å². The summed E-state index contributed by atoms with van der Waals surface area (Å²) in [5, 5.41) is 3.30. The van der Waals surface area contributed by atoms with E-state index in [1.807, 2.05) is 36.1 Å². The lowest BCUT2D eigenvalue weighted by Gasteiger charge is -2.29. The molecule has 1 heterocycles. The molecule has 3 nitrogen and oxygen atoms in total. The molecule has 0 saturated carbocycles. The molecule has 1 N–H and O–H groups in total. The van der Waals surface area contributed by atoms with Crippen LogP contribution in [0.3, 0.4) is 0 Å². The summed E-state index contributed by atoms with van der Waals surface area (Å²) in [6.45, 7) is 7.88. The van der Waals surface area contributed by atoms with E-state index in [0.29, 0.717) is 0 Å². The molecule has 1 unspecified atom stereocenters. The standard InChI is InChI=1S/C14H19BrN2O/c1-10-13(18)17(9-14(2,3)8-16-10)12-6-4-11(15)5-7-12/h4-7,10,16H,8-9H2,1-3H3. The molecule has 0 spiro atoms. The first kappa shape index (κ1) is 13.6. The van der Waals surface area contributed by atoms with Gasteiger partial charge in [-0.2, -0.15) is 0 Å². The number of rotatable bonds is 1. The lowest BCUT2D eigenvalue weighted by Crippen LogP contribution is -2.42. The fourth-order valence-electron chi connectivity index (χ4n) is 2.15. The van der Waals surface area contributed by atoms with Crippen molar-refractivity contribution in [1.29, 1.82) is 0 Å². The van der Waals surface area contributed by atoms with Gasteiger partial charge in [0.1, 0.15) is 0 Å². The Morgan fingerprint density at radius 1 is 1.33 bits per heavy atom. The van der Waals surface area contributed by atoms with E-state index in [2.05, 4.69) is 35.1 Å². The monoisotopic (exact) mass is 310 g/mol. The minimum absolute atomic E-state index is 0.0769. The van der Waals surface area contributed by atoms with Gasteiger partial charge in [0, 0.05) is 23.2 Å². The normalized spacial score (nSPS) is 23.9. The third kappa shape index (κ3) is 2.93. The maximum atomic E-state index is 12.4. The number of carbonyl (C=O) groups excluding carboxylic acids is 1. The van der Waals surface area contributed by atoms with E-state index in [1.54, 1.807) is 0 Å². The van der Waals surface area contributed by atoms with Crippen molar-refractivity contribution in [3.63, 3.8) is 0 Å². The summed E-state index contributed by atoms with van der Waals surface area (Å²) in [6.07, 6.45) is 0. The van der Waals surface area contributed by atoms with Crippen LogP contribution in [0.25, 0.3) is 0 Å². The summed E-state index contributed by atoms with van der Waals surface area (Å²) in [7, 11) is 0. The van der Waals surface area contributed by atoms with E-state index in [-0.39, 0.29) is 17.4 Å². The molecule has 1 amide bonds. The first-order valence-electron chi connectivity index (χ1n) is 6.19. The fourth-order valence-corrected chi connectivity index (χ4v) is 2.42. The van der Waals surface area contributed by atoms with E-state index in [1.165, 1.54) is 0 Å². The van der Waals surface area contributed by atoms with Crippen LogP contribution in [-0.4, -0.2) is 25.0 Å². The van der Waals surface area contributed by atoms with E-state index >= 15 is 0 Å². The number of carbonyl (C=O) groups is 1. The van der Waals surface area contributed by atoms with Crippen molar-refractivity contribution in [2.45, 2.75) is 26.8 Å². The average molecular weight is 311 g/mol. The van der Waals surface area contributed by atoms with Gasteiger partial charge in [0.25, 0.3) is 0 Å². The number of nitrogens with one attached hydrogen (secondary N) is 1. The molecule has 1 aromatic carbocycles. The Morgan fingerprint density at radius 2 is 1.94 bits per heavy atom. The molecule has 1 fully saturated rings. The lowest BCUT2D eigenvalue weighted by molar-refractivity contribution is -0.119. The van der Waals surface area contributed by atoms with Crippen LogP contribution in [0.4, 0.5) is 5.69 Å². The van der Waals surface area contributed by atoms with E-state index < -0.39 is 0 Å². The quantitative estimate of drug-likeness (QED) is 0.865. The maximum Gasteiger partial charge on any atom is 0.243 e. The van der Waals surface area contributed by atoms with Gasteiger partial charge in [0.2, 0.25) is 5.91 Å². The van der Waals surface area contributed by atoms with Gasteiger partial charge in [-0.25, -0.2) is 0 Å². The minimum atomic E-state index is -0.129. The number of benzene rings is 1. The van der Waals surface area contributed by atoms with Crippen LogP contribution >= 0.6 is 15.9 Å². The molecule has 1 saturated heterocycles. The Bertz CT molecular complexity index is 442. The molecule has 2 rings (SSSR count). The zero-order valence-electron chi connectivity index (χ0n) is 11.0. The van der Waals surface area contributed by atoms with Gasteiger partial charge in [-0.3, -0.25) is 4.79 Å². The van der Waals surface area contributed by atoms with E-state index in [0.717, 1.165) is 23.2 Å². The number of nitrogens with zero attached hydrogens (tertiary/aromatic N) is 1. The number of amides is 1. The molecule has 0 aromatic heterocycles. The van der Waals surface area contributed by atoms with Gasteiger partial charge >= 0.3 is 0 Å². The fraction of sp³-hybridized carbons (Fsp3) is 0.500. The van der Waals surface area contributed by atoms with Crippen molar-refractivity contribution < 1.29 is 4.79 Å². The van der Waals surface area contributed by atoms with Crippen LogP contribution in [0.15, 0.2) is 28.7 Å². The largest absolute Gasteiger partial charge is 0.310 e. The molecular formula is C14H19BrN2O. The van der Waals surface area contributed by atoms with Crippen LogP contribution in [0, 0.1) is 5.41 Å². The van der Waals surface area contributed by atoms with Crippen LogP contribution in [0.2, 0.25) is 0 Å². The van der Waals surface area contributed by atoms with Crippen molar-refractivity contribution >= 4 is 27.5 Å². The smallest absolute Gasteiger partial charge is 0.243 e. The molecule has 1 aliphatic heterocycles. The van der Waals surface area contributed by atoms with Crippen LogP contribution < -0.4 is 10.2 Å². The van der Waals surface area contributed by atoms with Gasteiger partial charge in [-0.15, -0.1) is 0 Å². The van der Waals surface area contributed by atoms with E-state index in [9.17, 15) is 4.79 Å². The summed E-state index contributed by atoms with van der Waals surface area (Å²) >= 11 is 3.42. The summed E-state index contributed by atoms with van der Waals surface area (Å²) < 4.78 is 1.03. The van der Waals surface area contributed by atoms with Crippen molar-refractivity contribution in [2.24, 2.45) is 5.41 Å². The second-order valence-electron chi connectivity index (χ2n) is 5.67. The highest BCUT2D eigenvalue weighted by Crippen LogP contribution is 2.26. The number of hydrogen-bond acceptors (Lipinski definition) is 2. The summed E-state index contributed by atoms with van der Waals surface area (Å²) in [5.41, 5.74) is 1.04. The molecule has 1 aromatic rings. The second-order valence-corrected chi connectivity index (χ2v) is 6.58. The maximum absolute atomic E-state index is 12.4. The molecule has 98 valence electrons. The lowest BCUT2D eigenvalue weighted by atomic mass is 9.93. The van der Waals surface area contributed by atoms with Gasteiger partial charge < -0.3 is 10.2 Å². The molecule has 1 atom stereocenters.